The van der Waals surface area contributed by atoms with E-state index in [2.05, 4.69) is 43.5 Å². The predicted molar refractivity (Wildman–Crippen MR) is 117 cm³/mol. The molecule has 3 aromatic carbocycles. The summed E-state index contributed by atoms with van der Waals surface area (Å²) in [6.45, 7) is 7.95. The van der Waals surface area contributed by atoms with E-state index in [0.29, 0.717) is 19.8 Å². The van der Waals surface area contributed by atoms with Crippen LogP contribution in [0.3, 0.4) is 0 Å². The van der Waals surface area contributed by atoms with Crippen LogP contribution in [0.2, 0.25) is 0 Å². The van der Waals surface area contributed by atoms with Gasteiger partial charge in [-0.1, -0.05) is 42.5 Å². The van der Waals surface area contributed by atoms with E-state index < -0.39 is 0 Å². The number of nitrogens with zero attached hydrogens (tertiary/aromatic N) is 2. The summed E-state index contributed by atoms with van der Waals surface area (Å²) in [5.74, 6) is 2.73. The van der Waals surface area contributed by atoms with Gasteiger partial charge in [-0.3, -0.25) is 0 Å². The topological polar surface area (TPSA) is 36.3 Å². The van der Waals surface area contributed by atoms with Gasteiger partial charge in [-0.2, -0.15) is 0 Å². The fourth-order valence-corrected chi connectivity index (χ4v) is 3.47. The molecule has 0 unspecified atom stereocenters. The number of aromatic nitrogens is 2. The largest absolute Gasteiger partial charge is 0.491 e. The van der Waals surface area contributed by atoms with Crippen LogP contribution in [-0.4, -0.2) is 16.2 Å². The van der Waals surface area contributed by atoms with Gasteiger partial charge in [0.2, 0.25) is 0 Å². The minimum atomic E-state index is 0.420. The Morgan fingerprint density at radius 3 is 2.34 bits per heavy atom. The van der Waals surface area contributed by atoms with Crippen LogP contribution in [0.1, 0.15) is 22.5 Å². The maximum Gasteiger partial charge on any atom is 0.148 e. The molecule has 4 aromatic rings. The first-order chi connectivity index (χ1) is 14.1. The molecule has 0 amide bonds. The molecule has 0 saturated carbocycles. The van der Waals surface area contributed by atoms with E-state index in [4.69, 9.17) is 14.5 Å². The summed E-state index contributed by atoms with van der Waals surface area (Å²) in [5.41, 5.74) is 5.62. The fourth-order valence-electron chi connectivity index (χ4n) is 3.47. The van der Waals surface area contributed by atoms with E-state index in [1.54, 1.807) is 0 Å². The second-order valence-electron chi connectivity index (χ2n) is 7.27. The smallest absolute Gasteiger partial charge is 0.148 e. The molecular formula is C25H26N2O2. The number of hydrogen-bond acceptors (Lipinski definition) is 3. The van der Waals surface area contributed by atoms with E-state index in [9.17, 15) is 0 Å². The molecule has 0 atom stereocenters. The highest BCUT2D eigenvalue weighted by molar-refractivity contribution is 5.75. The third-order valence-electron chi connectivity index (χ3n) is 5.31. The number of imidazole rings is 1. The Hall–Kier alpha value is -3.27. The molecule has 0 radical (unpaired) electrons. The van der Waals surface area contributed by atoms with Crippen LogP contribution in [0.25, 0.3) is 11.0 Å². The van der Waals surface area contributed by atoms with Crippen molar-refractivity contribution in [2.75, 3.05) is 6.61 Å². The first-order valence-corrected chi connectivity index (χ1v) is 9.95. The molecule has 148 valence electrons. The van der Waals surface area contributed by atoms with Crippen molar-refractivity contribution < 1.29 is 9.47 Å². The highest BCUT2D eigenvalue weighted by atomic mass is 16.5. The van der Waals surface area contributed by atoms with Gasteiger partial charge in [-0.05, 0) is 61.7 Å². The lowest BCUT2D eigenvalue weighted by molar-refractivity contribution is 0.270. The molecule has 1 heterocycles. The molecule has 0 aliphatic rings. The van der Waals surface area contributed by atoms with Gasteiger partial charge >= 0.3 is 0 Å². The molecule has 4 rings (SSSR count). The molecule has 0 aliphatic heterocycles. The third-order valence-corrected chi connectivity index (χ3v) is 5.31. The number of benzene rings is 3. The first-order valence-electron chi connectivity index (χ1n) is 9.95. The Bertz CT molecular complexity index is 1130. The molecule has 29 heavy (non-hydrogen) atoms. The van der Waals surface area contributed by atoms with Crippen molar-refractivity contribution in [3.05, 3.63) is 89.2 Å². The van der Waals surface area contributed by atoms with Crippen LogP contribution >= 0.6 is 0 Å². The molecular weight excluding hydrogens is 360 g/mol. The summed E-state index contributed by atoms with van der Waals surface area (Å²) in [6, 6.07) is 22.4. The first kappa shape index (κ1) is 19.1. The van der Waals surface area contributed by atoms with Gasteiger partial charge in [0.05, 0.1) is 17.6 Å². The van der Waals surface area contributed by atoms with Gasteiger partial charge in [0.15, 0.2) is 0 Å². The van der Waals surface area contributed by atoms with Crippen LogP contribution in [0.15, 0.2) is 66.7 Å². The van der Waals surface area contributed by atoms with Crippen molar-refractivity contribution in [3.8, 4) is 11.5 Å². The quantitative estimate of drug-likeness (QED) is 0.414. The molecule has 0 spiro atoms. The predicted octanol–water partition coefficient (Wildman–Crippen LogP) is 5.62. The molecule has 4 nitrogen and oxygen atoms in total. The zero-order valence-corrected chi connectivity index (χ0v) is 17.2. The second kappa shape index (κ2) is 8.39. The van der Waals surface area contributed by atoms with Crippen molar-refractivity contribution in [2.24, 2.45) is 0 Å². The van der Waals surface area contributed by atoms with Crippen LogP contribution in [-0.2, 0) is 13.2 Å². The minimum absolute atomic E-state index is 0.420. The average Bonchev–Trinajstić information content (AvgIpc) is 3.08. The summed E-state index contributed by atoms with van der Waals surface area (Å²) in [6.07, 6.45) is 0. The summed E-state index contributed by atoms with van der Waals surface area (Å²) in [5, 5.41) is 0. The summed E-state index contributed by atoms with van der Waals surface area (Å²) in [4.78, 5) is 4.80. The molecule has 0 bridgehead atoms. The van der Waals surface area contributed by atoms with Crippen molar-refractivity contribution in [1.29, 1.82) is 0 Å². The van der Waals surface area contributed by atoms with Crippen molar-refractivity contribution in [1.82, 2.24) is 9.55 Å². The Balaban J connectivity index is 1.53. The Morgan fingerprint density at radius 1 is 0.759 bits per heavy atom. The van der Waals surface area contributed by atoms with E-state index in [1.165, 1.54) is 11.1 Å². The van der Waals surface area contributed by atoms with Gasteiger partial charge < -0.3 is 14.0 Å². The van der Waals surface area contributed by atoms with Crippen molar-refractivity contribution in [2.45, 2.75) is 33.9 Å². The normalized spacial score (nSPS) is 11.0. The maximum absolute atomic E-state index is 6.09. The summed E-state index contributed by atoms with van der Waals surface area (Å²) in [7, 11) is 0. The van der Waals surface area contributed by atoms with E-state index >= 15 is 0 Å². The van der Waals surface area contributed by atoms with Crippen LogP contribution in [0.4, 0.5) is 0 Å². The lowest BCUT2D eigenvalue weighted by Crippen LogP contribution is -2.13. The molecule has 4 heteroatoms. The van der Waals surface area contributed by atoms with E-state index in [-0.39, 0.29) is 0 Å². The third kappa shape index (κ3) is 4.11. The number of aryl methyl sites for hydroxylation is 2. The van der Waals surface area contributed by atoms with Crippen LogP contribution in [0, 0.1) is 20.8 Å². The van der Waals surface area contributed by atoms with Gasteiger partial charge in [0.1, 0.15) is 30.5 Å². The van der Waals surface area contributed by atoms with Gasteiger partial charge in [-0.15, -0.1) is 0 Å². The number of rotatable bonds is 7. The highest BCUT2D eigenvalue weighted by Crippen LogP contribution is 2.22. The number of para-hydroxylation sites is 3. The Labute approximate surface area is 171 Å². The molecule has 0 aliphatic carbocycles. The summed E-state index contributed by atoms with van der Waals surface area (Å²) >= 11 is 0. The van der Waals surface area contributed by atoms with Crippen LogP contribution < -0.4 is 9.47 Å². The molecule has 0 N–H and O–H groups in total. The zero-order valence-electron chi connectivity index (χ0n) is 17.2. The number of ether oxygens (including phenoxy) is 2. The molecule has 0 saturated heterocycles. The standard InChI is InChI=1S/C25H26N2O2/c1-18-10-8-14-24(20(18)3)28-16-15-27-22-12-6-5-11-21(22)26-25(27)17-29-23-13-7-4-9-19(23)2/h4-14H,15-17H2,1-3H3. The monoisotopic (exact) mass is 386 g/mol. The molecule has 1 aromatic heterocycles. The van der Waals surface area contributed by atoms with E-state index in [0.717, 1.165) is 33.9 Å². The van der Waals surface area contributed by atoms with Gasteiger partial charge in [0.25, 0.3) is 0 Å². The average molecular weight is 386 g/mol. The van der Waals surface area contributed by atoms with Crippen molar-refractivity contribution >= 4 is 11.0 Å². The fraction of sp³-hybridized carbons (Fsp3) is 0.240. The number of hydrogen-bond donors (Lipinski definition) is 0. The maximum atomic E-state index is 6.09. The number of fused-ring (bicyclic) bond motifs is 1. The Kier molecular flexibility index (Phi) is 5.52. The Morgan fingerprint density at radius 2 is 1.48 bits per heavy atom. The molecule has 0 fully saturated rings. The zero-order chi connectivity index (χ0) is 20.2. The SMILES string of the molecule is Cc1ccccc1OCc1nc2ccccc2n1CCOc1cccc(C)c1C. The van der Waals surface area contributed by atoms with Gasteiger partial charge in [-0.25, -0.2) is 4.98 Å². The summed E-state index contributed by atoms with van der Waals surface area (Å²) < 4.78 is 14.3. The lowest BCUT2D eigenvalue weighted by atomic mass is 10.1. The van der Waals surface area contributed by atoms with Gasteiger partial charge in [0, 0.05) is 0 Å². The van der Waals surface area contributed by atoms with Crippen molar-refractivity contribution in [3.63, 3.8) is 0 Å². The highest BCUT2D eigenvalue weighted by Gasteiger charge is 2.12. The lowest BCUT2D eigenvalue weighted by Gasteiger charge is -2.14. The van der Waals surface area contributed by atoms with Crippen LogP contribution in [0.5, 0.6) is 11.5 Å². The second-order valence-corrected chi connectivity index (χ2v) is 7.27. The van der Waals surface area contributed by atoms with E-state index in [1.807, 2.05) is 48.5 Å². The minimum Gasteiger partial charge on any atom is -0.491 e.